The highest BCUT2D eigenvalue weighted by molar-refractivity contribution is 6.00. The van der Waals surface area contributed by atoms with E-state index in [1.807, 2.05) is 48.5 Å². The summed E-state index contributed by atoms with van der Waals surface area (Å²) in [4.78, 5) is 15.9. The molecular weight excluding hydrogens is 386 g/mol. The lowest BCUT2D eigenvalue weighted by atomic mass is 9.76. The van der Waals surface area contributed by atoms with E-state index < -0.39 is 5.60 Å². The number of rotatable bonds is 3. The van der Waals surface area contributed by atoms with Gasteiger partial charge in [0.05, 0.1) is 5.56 Å². The molecule has 156 valence electrons. The van der Waals surface area contributed by atoms with Gasteiger partial charge in [-0.25, -0.2) is 4.79 Å². The maximum atomic E-state index is 13.5. The van der Waals surface area contributed by atoms with Gasteiger partial charge in [0.25, 0.3) is 0 Å². The van der Waals surface area contributed by atoms with Gasteiger partial charge >= 0.3 is 5.97 Å². The van der Waals surface area contributed by atoms with Crippen molar-refractivity contribution < 1.29 is 14.3 Å². The summed E-state index contributed by atoms with van der Waals surface area (Å²) < 4.78 is 12.6. The Morgan fingerprint density at radius 1 is 0.871 bits per heavy atom. The molecule has 0 saturated carbocycles. The summed E-state index contributed by atoms with van der Waals surface area (Å²) >= 11 is 0. The summed E-state index contributed by atoms with van der Waals surface area (Å²) in [5, 5.41) is 0. The minimum Gasteiger partial charge on any atom is -0.456 e. The van der Waals surface area contributed by atoms with Gasteiger partial charge in [0.2, 0.25) is 0 Å². The number of fused-ring (bicyclic) bond motifs is 8. The number of hydrogen-bond acceptors (Lipinski definition) is 4. The standard InChI is InChI=1S/C27H25NO3/c1-3-28(4-2)22-16-21-25(18-11-9-10-17(18)22)26(29)31-27(21)19-12-5-7-14-23(19)30-24-15-8-6-13-20(24)27/h5-8,12-16H,3-4,9-11H2,1-2H3. The summed E-state index contributed by atoms with van der Waals surface area (Å²) in [6, 6.07) is 18.1. The van der Waals surface area contributed by atoms with Crippen LogP contribution < -0.4 is 9.64 Å². The fraction of sp³-hybridized carbons (Fsp3) is 0.296. The average molecular weight is 412 g/mol. The second-order valence-corrected chi connectivity index (χ2v) is 8.47. The average Bonchev–Trinajstić information content (AvgIpc) is 3.39. The maximum absolute atomic E-state index is 13.5. The zero-order valence-corrected chi connectivity index (χ0v) is 17.9. The van der Waals surface area contributed by atoms with Crippen molar-refractivity contribution in [3.63, 3.8) is 0 Å². The predicted molar refractivity (Wildman–Crippen MR) is 120 cm³/mol. The normalized spacial score (nSPS) is 16.8. The minimum absolute atomic E-state index is 0.217. The molecule has 4 heteroatoms. The van der Waals surface area contributed by atoms with Crippen molar-refractivity contribution in [2.75, 3.05) is 18.0 Å². The van der Waals surface area contributed by atoms with E-state index >= 15 is 0 Å². The Bertz CT molecular complexity index is 1180. The SMILES string of the molecule is CCN(CC)c1cc2c(c3c1CCC3)C(=O)OC21c2ccccc2Oc2ccccc21. The van der Waals surface area contributed by atoms with E-state index in [0.29, 0.717) is 0 Å². The molecule has 4 nitrogen and oxygen atoms in total. The van der Waals surface area contributed by atoms with Gasteiger partial charge in [0, 0.05) is 35.5 Å². The smallest absolute Gasteiger partial charge is 0.340 e. The van der Waals surface area contributed by atoms with Crippen molar-refractivity contribution in [2.45, 2.75) is 38.7 Å². The molecule has 0 unspecified atom stereocenters. The van der Waals surface area contributed by atoms with Gasteiger partial charge in [-0.3, -0.25) is 0 Å². The fourth-order valence-electron chi connectivity index (χ4n) is 5.72. The van der Waals surface area contributed by atoms with Crippen LogP contribution in [-0.4, -0.2) is 19.1 Å². The monoisotopic (exact) mass is 411 g/mol. The highest BCUT2D eigenvalue weighted by Crippen LogP contribution is 2.57. The molecule has 0 N–H and O–H groups in total. The number of nitrogens with zero attached hydrogens (tertiary/aromatic N) is 1. The number of anilines is 1. The van der Waals surface area contributed by atoms with Crippen LogP contribution in [0.4, 0.5) is 5.69 Å². The number of benzene rings is 3. The zero-order valence-electron chi connectivity index (χ0n) is 17.9. The Balaban J connectivity index is 1.72. The third-order valence-electron chi connectivity index (χ3n) is 7.07. The lowest BCUT2D eigenvalue weighted by molar-refractivity contribution is 0.0224. The van der Waals surface area contributed by atoms with E-state index in [0.717, 1.165) is 66.1 Å². The molecule has 3 aromatic carbocycles. The van der Waals surface area contributed by atoms with Crippen LogP contribution in [-0.2, 0) is 23.2 Å². The van der Waals surface area contributed by atoms with Gasteiger partial charge in [0.1, 0.15) is 11.5 Å². The van der Waals surface area contributed by atoms with Crippen LogP contribution >= 0.6 is 0 Å². The second kappa shape index (κ2) is 6.61. The van der Waals surface area contributed by atoms with Crippen molar-refractivity contribution in [2.24, 2.45) is 0 Å². The van der Waals surface area contributed by atoms with E-state index in [1.54, 1.807) is 0 Å². The number of carbonyl (C=O) groups excluding carboxylic acids is 1. The molecule has 0 aromatic heterocycles. The number of para-hydroxylation sites is 2. The summed E-state index contributed by atoms with van der Waals surface area (Å²) in [6.07, 6.45) is 3.03. The van der Waals surface area contributed by atoms with Gasteiger partial charge in [-0.1, -0.05) is 36.4 Å². The molecule has 0 atom stereocenters. The lowest BCUT2D eigenvalue weighted by Crippen LogP contribution is -2.33. The fourth-order valence-corrected chi connectivity index (χ4v) is 5.72. The van der Waals surface area contributed by atoms with E-state index in [9.17, 15) is 4.79 Å². The third-order valence-corrected chi connectivity index (χ3v) is 7.07. The van der Waals surface area contributed by atoms with Gasteiger partial charge in [0.15, 0.2) is 5.60 Å². The number of carbonyl (C=O) groups is 1. The van der Waals surface area contributed by atoms with Crippen molar-refractivity contribution in [1.29, 1.82) is 0 Å². The number of hydrogen-bond donors (Lipinski definition) is 0. The quantitative estimate of drug-likeness (QED) is 0.527. The molecule has 0 amide bonds. The number of esters is 1. The first-order chi connectivity index (χ1) is 15.2. The highest BCUT2D eigenvalue weighted by Gasteiger charge is 2.55. The maximum Gasteiger partial charge on any atom is 0.340 e. The van der Waals surface area contributed by atoms with E-state index in [-0.39, 0.29) is 5.97 Å². The molecule has 3 aliphatic rings. The van der Waals surface area contributed by atoms with Crippen molar-refractivity contribution in [3.05, 3.63) is 88.0 Å². The predicted octanol–water partition coefficient (Wildman–Crippen LogP) is 5.59. The molecule has 1 aliphatic carbocycles. The van der Waals surface area contributed by atoms with E-state index in [4.69, 9.17) is 9.47 Å². The molecule has 1 spiro atoms. The summed E-state index contributed by atoms with van der Waals surface area (Å²) in [5.74, 6) is 1.27. The molecule has 2 aliphatic heterocycles. The molecule has 0 fully saturated rings. The van der Waals surface area contributed by atoms with Gasteiger partial charge < -0.3 is 14.4 Å². The van der Waals surface area contributed by atoms with Crippen LogP contribution in [0.25, 0.3) is 0 Å². The van der Waals surface area contributed by atoms with Crippen LogP contribution in [0.3, 0.4) is 0 Å². The summed E-state index contributed by atoms with van der Waals surface area (Å²) in [5.41, 5.74) is 6.30. The van der Waals surface area contributed by atoms with Crippen LogP contribution in [0.15, 0.2) is 54.6 Å². The molecule has 6 rings (SSSR count). The lowest BCUT2D eigenvalue weighted by Gasteiger charge is -2.37. The third kappa shape index (κ3) is 2.33. The molecule has 0 saturated heterocycles. The Kier molecular flexibility index (Phi) is 3.95. The molecule has 31 heavy (non-hydrogen) atoms. The first kappa shape index (κ1) is 18.5. The van der Waals surface area contributed by atoms with Crippen LogP contribution in [0.2, 0.25) is 0 Å². The Morgan fingerprint density at radius 3 is 2.13 bits per heavy atom. The van der Waals surface area contributed by atoms with Gasteiger partial charge in [-0.05, 0) is 62.4 Å². The van der Waals surface area contributed by atoms with Crippen molar-refractivity contribution >= 4 is 11.7 Å². The molecule has 0 bridgehead atoms. The Morgan fingerprint density at radius 2 is 1.48 bits per heavy atom. The van der Waals surface area contributed by atoms with E-state index in [1.165, 1.54) is 16.8 Å². The van der Waals surface area contributed by atoms with Gasteiger partial charge in [-0.2, -0.15) is 0 Å². The van der Waals surface area contributed by atoms with Crippen LogP contribution in [0, 0.1) is 0 Å². The molecule has 2 heterocycles. The van der Waals surface area contributed by atoms with Gasteiger partial charge in [-0.15, -0.1) is 0 Å². The second-order valence-electron chi connectivity index (χ2n) is 8.47. The minimum atomic E-state index is -0.975. The van der Waals surface area contributed by atoms with Crippen LogP contribution in [0.1, 0.15) is 58.4 Å². The Hall–Kier alpha value is -3.27. The zero-order chi connectivity index (χ0) is 21.2. The first-order valence-electron chi connectivity index (χ1n) is 11.2. The number of ether oxygens (including phenoxy) is 2. The largest absolute Gasteiger partial charge is 0.456 e. The molecular formula is C27H25NO3. The summed E-state index contributed by atoms with van der Waals surface area (Å²) in [6.45, 7) is 6.24. The van der Waals surface area contributed by atoms with Crippen molar-refractivity contribution in [3.8, 4) is 11.5 Å². The highest BCUT2D eigenvalue weighted by atomic mass is 16.6. The first-order valence-corrected chi connectivity index (χ1v) is 11.2. The summed E-state index contributed by atoms with van der Waals surface area (Å²) in [7, 11) is 0. The van der Waals surface area contributed by atoms with Crippen LogP contribution in [0.5, 0.6) is 11.5 Å². The Labute approximate surface area is 182 Å². The van der Waals surface area contributed by atoms with E-state index in [2.05, 4.69) is 24.8 Å². The van der Waals surface area contributed by atoms with Crippen molar-refractivity contribution in [1.82, 2.24) is 0 Å². The molecule has 0 radical (unpaired) electrons. The topological polar surface area (TPSA) is 38.8 Å². The molecule has 3 aromatic rings.